The number of alkyl halides is 1. The third-order valence-corrected chi connectivity index (χ3v) is 2.29. The van der Waals surface area contributed by atoms with Crippen molar-refractivity contribution in [3.8, 4) is 0 Å². The lowest BCUT2D eigenvalue weighted by Gasteiger charge is -2.28. The maximum Gasteiger partial charge on any atom is 0.113 e. The fraction of sp³-hybridized carbons (Fsp3) is 1.00. The monoisotopic (exact) mass is 192 g/mol. The summed E-state index contributed by atoms with van der Waals surface area (Å²) in [4.78, 5) is 0. The van der Waals surface area contributed by atoms with E-state index in [-0.39, 0.29) is 0 Å². The zero-order valence-electron chi connectivity index (χ0n) is 5.93. The summed E-state index contributed by atoms with van der Waals surface area (Å²) in [6.45, 7) is 4.40. The van der Waals surface area contributed by atoms with Crippen molar-refractivity contribution in [2.75, 3.05) is 0 Å². The lowest BCUT2D eigenvalue weighted by atomic mass is 9.99. The van der Waals surface area contributed by atoms with Gasteiger partial charge in [-0.1, -0.05) is 22.9 Å². The van der Waals surface area contributed by atoms with Gasteiger partial charge in [0.2, 0.25) is 0 Å². The second kappa shape index (κ2) is 3.02. The van der Waals surface area contributed by atoms with Crippen molar-refractivity contribution < 1.29 is 4.74 Å². The lowest BCUT2D eigenvalue weighted by molar-refractivity contribution is -0.00935. The van der Waals surface area contributed by atoms with Gasteiger partial charge in [-0.3, -0.25) is 0 Å². The fourth-order valence-electron chi connectivity index (χ4n) is 1.34. The molecule has 1 nitrogen and oxygen atoms in total. The van der Waals surface area contributed by atoms with E-state index in [4.69, 9.17) is 4.74 Å². The lowest BCUT2D eigenvalue weighted by Crippen LogP contribution is -2.25. The predicted molar refractivity (Wildman–Crippen MR) is 41.7 cm³/mol. The molecule has 1 aliphatic heterocycles. The van der Waals surface area contributed by atoms with Crippen LogP contribution in [0.4, 0.5) is 0 Å². The molecule has 3 atom stereocenters. The van der Waals surface area contributed by atoms with Crippen LogP contribution in [0.5, 0.6) is 0 Å². The molecule has 1 fully saturated rings. The molecule has 1 heterocycles. The molecule has 54 valence electrons. The minimum absolute atomic E-state index is 0.302. The largest absolute Gasteiger partial charge is 0.364 e. The Kier molecular flexibility index (Phi) is 2.53. The third kappa shape index (κ3) is 2.26. The van der Waals surface area contributed by atoms with Crippen molar-refractivity contribution in [2.24, 2.45) is 5.92 Å². The Morgan fingerprint density at radius 1 is 1.33 bits per heavy atom. The van der Waals surface area contributed by atoms with E-state index in [1.807, 2.05) is 0 Å². The first-order valence-corrected chi connectivity index (χ1v) is 4.39. The number of hydrogen-bond acceptors (Lipinski definition) is 1. The van der Waals surface area contributed by atoms with E-state index < -0.39 is 0 Å². The summed E-state index contributed by atoms with van der Waals surface area (Å²) < 4.78 is 5.47. The normalized spacial score (nSPS) is 45.0. The van der Waals surface area contributed by atoms with Crippen LogP contribution in [0, 0.1) is 5.92 Å². The summed E-state index contributed by atoms with van der Waals surface area (Å²) in [6.07, 6.45) is 2.81. The first kappa shape index (κ1) is 7.55. The van der Waals surface area contributed by atoms with Gasteiger partial charge in [0.25, 0.3) is 0 Å². The molecule has 0 aliphatic carbocycles. The maximum atomic E-state index is 5.47. The highest BCUT2D eigenvalue weighted by molar-refractivity contribution is 9.09. The molecular weight excluding hydrogens is 180 g/mol. The molecule has 9 heavy (non-hydrogen) atoms. The average molecular weight is 193 g/mol. The second-order valence-electron chi connectivity index (χ2n) is 2.93. The Hall–Kier alpha value is 0.440. The number of rotatable bonds is 0. The fourth-order valence-corrected chi connectivity index (χ4v) is 2.35. The third-order valence-electron chi connectivity index (χ3n) is 1.70. The SMILES string of the molecule is CC1CC(C)OC(Br)C1. The van der Waals surface area contributed by atoms with Gasteiger partial charge in [0.05, 0.1) is 6.10 Å². The average Bonchev–Trinajstić information content (AvgIpc) is 1.59. The van der Waals surface area contributed by atoms with Crippen LogP contribution in [0.1, 0.15) is 26.7 Å². The van der Waals surface area contributed by atoms with E-state index >= 15 is 0 Å². The van der Waals surface area contributed by atoms with E-state index in [1.165, 1.54) is 6.42 Å². The number of hydrogen-bond donors (Lipinski definition) is 0. The Morgan fingerprint density at radius 2 is 2.00 bits per heavy atom. The summed E-state index contributed by atoms with van der Waals surface area (Å²) in [5, 5.41) is 0.302. The van der Waals surface area contributed by atoms with Crippen molar-refractivity contribution in [1.82, 2.24) is 0 Å². The second-order valence-corrected chi connectivity index (χ2v) is 3.95. The Morgan fingerprint density at radius 3 is 2.44 bits per heavy atom. The highest BCUT2D eigenvalue weighted by Crippen LogP contribution is 2.26. The molecular formula is C7H13BrO. The molecule has 0 bridgehead atoms. The van der Waals surface area contributed by atoms with Crippen molar-refractivity contribution in [3.63, 3.8) is 0 Å². The molecule has 0 aromatic heterocycles. The van der Waals surface area contributed by atoms with Gasteiger partial charge in [-0.25, -0.2) is 0 Å². The quantitative estimate of drug-likeness (QED) is 0.537. The van der Waals surface area contributed by atoms with E-state index in [2.05, 4.69) is 29.8 Å². The number of halogens is 1. The van der Waals surface area contributed by atoms with Gasteiger partial charge < -0.3 is 4.74 Å². The van der Waals surface area contributed by atoms with Crippen molar-refractivity contribution >= 4 is 15.9 Å². The maximum absolute atomic E-state index is 5.47. The smallest absolute Gasteiger partial charge is 0.113 e. The first-order chi connectivity index (χ1) is 4.18. The van der Waals surface area contributed by atoms with Gasteiger partial charge in [-0.05, 0) is 25.7 Å². The molecule has 3 unspecified atom stereocenters. The van der Waals surface area contributed by atoms with Crippen LogP contribution in [0.3, 0.4) is 0 Å². The molecule has 1 aliphatic rings. The van der Waals surface area contributed by atoms with E-state index in [9.17, 15) is 0 Å². The Balaban J connectivity index is 2.34. The molecule has 1 saturated heterocycles. The minimum Gasteiger partial charge on any atom is -0.364 e. The van der Waals surface area contributed by atoms with E-state index in [0.29, 0.717) is 11.1 Å². The van der Waals surface area contributed by atoms with Gasteiger partial charge in [0, 0.05) is 0 Å². The van der Waals surface area contributed by atoms with Crippen LogP contribution in [-0.2, 0) is 4.74 Å². The molecule has 0 aromatic carbocycles. The zero-order chi connectivity index (χ0) is 6.85. The van der Waals surface area contributed by atoms with Crippen LogP contribution >= 0.6 is 15.9 Å². The molecule has 0 radical (unpaired) electrons. The molecule has 0 N–H and O–H groups in total. The van der Waals surface area contributed by atoms with Gasteiger partial charge in [0.15, 0.2) is 0 Å². The van der Waals surface area contributed by atoms with E-state index in [1.54, 1.807) is 0 Å². The summed E-state index contributed by atoms with van der Waals surface area (Å²) in [5.74, 6) is 0.818. The highest BCUT2D eigenvalue weighted by atomic mass is 79.9. The van der Waals surface area contributed by atoms with Crippen molar-refractivity contribution in [1.29, 1.82) is 0 Å². The number of ether oxygens (including phenoxy) is 1. The minimum atomic E-state index is 0.302. The van der Waals surface area contributed by atoms with Crippen molar-refractivity contribution in [2.45, 2.75) is 37.8 Å². The molecule has 0 amide bonds. The predicted octanol–water partition coefficient (Wildman–Crippen LogP) is 2.54. The van der Waals surface area contributed by atoms with Crippen LogP contribution in [0.2, 0.25) is 0 Å². The zero-order valence-corrected chi connectivity index (χ0v) is 7.52. The summed E-state index contributed by atoms with van der Waals surface area (Å²) in [5.41, 5.74) is 0. The van der Waals surface area contributed by atoms with Gasteiger partial charge in [0.1, 0.15) is 5.01 Å². The van der Waals surface area contributed by atoms with E-state index in [0.717, 1.165) is 12.3 Å². The topological polar surface area (TPSA) is 9.23 Å². The van der Waals surface area contributed by atoms with Crippen molar-refractivity contribution in [3.05, 3.63) is 0 Å². The molecule has 0 aromatic rings. The summed E-state index contributed by atoms with van der Waals surface area (Å²) in [6, 6.07) is 0. The summed E-state index contributed by atoms with van der Waals surface area (Å²) in [7, 11) is 0. The Bertz CT molecular complexity index is 69.9. The molecule has 0 saturated carbocycles. The molecule has 1 rings (SSSR count). The first-order valence-electron chi connectivity index (χ1n) is 3.48. The molecule has 0 spiro atoms. The van der Waals surface area contributed by atoms with Gasteiger partial charge >= 0.3 is 0 Å². The van der Waals surface area contributed by atoms with Crippen LogP contribution in [0.25, 0.3) is 0 Å². The van der Waals surface area contributed by atoms with Crippen LogP contribution in [-0.4, -0.2) is 11.1 Å². The van der Waals surface area contributed by atoms with Crippen LogP contribution < -0.4 is 0 Å². The van der Waals surface area contributed by atoms with Crippen LogP contribution in [0.15, 0.2) is 0 Å². The summed E-state index contributed by atoms with van der Waals surface area (Å²) >= 11 is 3.45. The van der Waals surface area contributed by atoms with Gasteiger partial charge in [-0.2, -0.15) is 0 Å². The Labute approximate surface area is 64.9 Å². The standard InChI is InChI=1S/C7H13BrO/c1-5-3-6(2)9-7(8)4-5/h5-7H,3-4H2,1-2H3. The van der Waals surface area contributed by atoms with Gasteiger partial charge in [-0.15, -0.1) is 0 Å². The molecule has 2 heteroatoms. The highest BCUT2D eigenvalue weighted by Gasteiger charge is 2.21.